The van der Waals surface area contributed by atoms with Gasteiger partial charge in [-0.2, -0.15) is 0 Å². The third-order valence-electron chi connectivity index (χ3n) is 2.10. The number of carbonyl (C=O) groups is 1. The van der Waals surface area contributed by atoms with Crippen LogP contribution in [0.3, 0.4) is 0 Å². The number of nitrogens with zero attached hydrogens (tertiary/aromatic N) is 2. The monoisotopic (exact) mass is 255 g/mol. The van der Waals surface area contributed by atoms with E-state index in [1.165, 1.54) is 16.2 Å². The third-order valence-corrected chi connectivity index (χ3v) is 3.24. The molecule has 0 spiro atoms. The SMILES string of the molecule is CCN(C(=O)O)c1ccc2[nH]c(=S)sc2n1. The van der Waals surface area contributed by atoms with Gasteiger partial charge in [0.25, 0.3) is 0 Å². The summed E-state index contributed by atoms with van der Waals surface area (Å²) in [6.07, 6.45) is -1.01. The van der Waals surface area contributed by atoms with Crippen molar-refractivity contribution in [3.63, 3.8) is 0 Å². The maximum Gasteiger partial charge on any atom is 0.412 e. The number of fused-ring (bicyclic) bond motifs is 1. The highest BCUT2D eigenvalue weighted by molar-refractivity contribution is 7.73. The third kappa shape index (κ3) is 1.91. The van der Waals surface area contributed by atoms with Crippen molar-refractivity contribution in [2.75, 3.05) is 11.4 Å². The molecule has 0 radical (unpaired) electrons. The number of amides is 1. The Kier molecular flexibility index (Phi) is 2.88. The van der Waals surface area contributed by atoms with Crippen LogP contribution in [0.4, 0.5) is 10.6 Å². The van der Waals surface area contributed by atoms with Crippen molar-refractivity contribution < 1.29 is 9.90 Å². The van der Waals surface area contributed by atoms with Crippen molar-refractivity contribution in [2.24, 2.45) is 0 Å². The number of anilines is 1. The highest BCUT2D eigenvalue weighted by atomic mass is 32.1. The Morgan fingerprint density at radius 1 is 1.69 bits per heavy atom. The van der Waals surface area contributed by atoms with E-state index in [2.05, 4.69) is 9.97 Å². The summed E-state index contributed by atoms with van der Waals surface area (Å²) in [5.74, 6) is 0.424. The van der Waals surface area contributed by atoms with Gasteiger partial charge >= 0.3 is 6.09 Å². The molecule has 0 bridgehead atoms. The highest BCUT2D eigenvalue weighted by Crippen LogP contribution is 2.21. The Hall–Kier alpha value is -1.47. The van der Waals surface area contributed by atoms with E-state index in [-0.39, 0.29) is 0 Å². The predicted molar refractivity (Wildman–Crippen MR) is 65.8 cm³/mol. The number of carboxylic acid groups (broad SMARTS) is 1. The first kappa shape index (κ1) is 11.0. The van der Waals surface area contributed by atoms with Crippen molar-refractivity contribution in [2.45, 2.75) is 6.92 Å². The van der Waals surface area contributed by atoms with Crippen LogP contribution < -0.4 is 4.90 Å². The molecule has 2 N–H and O–H groups in total. The Bertz CT molecular complexity index is 590. The van der Waals surface area contributed by atoms with E-state index in [0.717, 1.165) is 10.3 Å². The van der Waals surface area contributed by atoms with Crippen molar-refractivity contribution >= 4 is 45.8 Å². The Labute approximate surface area is 100 Å². The number of aromatic amines is 1. The number of thiazole rings is 1. The minimum Gasteiger partial charge on any atom is -0.465 e. The van der Waals surface area contributed by atoms with Gasteiger partial charge in [0.1, 0.15) is 10.6 Å². The van der Waals surface area contributed by atoms with Crippen LogP contribution in [0.1, 0.15) is 6.92 Å². The molecule has 0 fully saturated rings. The number of H-pyrrole nitrogens is 1. The van der Waals surface area contributed by atoms with E-state index in [1.54, 1.807) is 19.1 Å². The van der Waals surface area contributed by atoms with E-state index < -0.39 is 6.09 Å². The predicted octanol–water partition coefficient (Wildman–Crippen LogP) is 2.86. The molecule has 2 heterocycles. The van der Waals surface area contributed by atoms with Gasteiger partial charge in [-0.3, -0.25) is 4.90 Å². The average Bonchev–Trinajstić information content (AvgIpc) is 2.57. The molecule has 0 unspecified atom stereocenters. The lowest BCUT2D eigenvalue weighted by molar-refractivity contribution is 0.202. The Balaban J connectivity index is 2.53. The minimum atomic E-state index is -1.01. The van der Waals surface area contributed by atoms with Gasteiger partial charge in [0, 0.05) is 6.54 Å². The van der Waals surface area contributed by atoms with E-state index in [9.17, 15) is 4.79 Å². The van der Waals surface area contributed by atoms with E-state index in [1.807, 2.05) is 0 Å². The Morgan fingerprint density at radius 3 is 3.06 bits per heavy atom. The summed E-state index contributed by atoms with van der Waals surface area (Å²) < 4.78 is 0.637. The zero-order valence-corrected chi connectivity index (χ0v) is 10.1. The Morgan fingerprint density at radius 2 is 2.44 bits per heavy atom. The van der Waals surface area contributed by atoms with Crippen LogP contribution in [0.2, 0.25) is 0 Å². The van der Waals surface area contributed by atoms with Gasteiger partial charge in [-0.25, -0.2) is 9.78 Å². The zero-order valence-electron chi connectivity index (χ0n) is 8.43. The van der Waals surface area contributed by atoms with Gasteiger partial charge in [0.15, 0.2) is 3.95 Å². The maximum absolute atomic E-state index is 10.9. The van der Waals surface area contributed by atoms with Gasteiger partial charge in [0.05, 0.1) is 5.52 Å². The van der Waals surface area contributed by atoms with Gasteiger partial charge < -0.3 is 10.1 Å². The van der Waals surface area contributed by atoms with Crippen LogP contribution in [0.25, 0.3) is 10.3 Å². The van der Waals surface area contributed by atoms with Crippen molar-refractivity contribution in [3.05, 3.63) is 16.1 Å². The van der Waals surface area contributed by atoms with Gasteiger partial charge in [-0.15, -0.1) is 0 Å². The zero-order chi connectivity index (χ0) is 11.7. The molecule has 5 nitrogen and oxygen atoms in total. The van der Waals surface area contributed by atoms with Crippen molar-refractivity contribution in [1.82, 2.24) is 9.97 Å². The second kappa shape index (κ2) is 4.18. The van der Waals surface area contributed by atoms with Crippen molar-refractivity contribution in [1.29, 1.82) is 0 Å². The van der Waals surface area contributed by atoms with Gasteiger partial charge in [0.2, 0.25) is 0 Å². The number of nitrogens with one attached hydrogen (secondary N) is 1. The van der Waals surface area contributed by atoms with Crippen LogP contribution in [0, 0.1) is 3.95 Å². The number of hydrogen-bond acceptors (Lipinski definition) is 4. The van der Waals surface area contributed by atoms with E-state index in [0.29, 0.717) is 16.3 Å². The van der Waals surface area contributed by atoms with Crippen LogP contribution in [-0.2, 0) is 0 Å². The molecule has 0 aliphatic rings. The molecule has 2 rings (SSSR count). The lowest BCUT2D eigenvalue weighted by atomic mass is 10.4. The fourth-order valence-electron chi connectivity index (χ4n) is 1.37. The molecular weight excluding hydrogens is 246 g/mol. The summed E-state index contributed by atoms with van der Waals surface area (Å²) in [6, 6.07) is 3.45. The summed E-state index contributed by atoms with van der Waals surface area (Å²) in [7, 11) is 0. The van der Waals surface area contributed by atoms with Crippen molar-refractivity contribution in [3.8, 4) is 0 Å². The summed E-state index contributed by atoms with van der Waals surface area (Å²) >= 11 is 6.33. The van der Waals surface area contributed by atoms with Crippen LogP contribution in [0.15, 0.2) is 12.1 Å². The molecule has 2 aromatic heterocycles. The number of pyridine rings is 1. The minimum absolute atomic E-state index is 0.365. The first-order chi connectivity index (χ1) is 7.61. The van der Waals surface area contributed by atoms with Gasteiger partial charge in [-0.1, -0.05) is 11.3 Å². The fourth-order valence-corrected chi connectivity index (χ4v) is 2.42. The largest absolute Gasteiger partial charge is 0.465 e. The first-order valence-electron chi connectivity index (χ1n) is 4.62. The number of hydrogen-bond donors (Lipinski definition) is 2. The molecule has 0 saturated heterocycles. The summed E-state index contributed by atoms with van der Waals surface area (Å²) in [4.78, 5) is 20.1. The molecule has 16 heavy (non-hydrogen) atoms. The molecule has 0 aromatic carbocycles. The summed E-state index contributed by atoms with van der Waals surface area (Å²) in [5.41, 5.74) is 0.834. The molecular formula is C9H9N3O2S2. The lowest BCUT2D eigenvalue weighted by Crippen LogP contribution is -2.29. The summed E-state index contributed by atoms with van der Waals surface area (Å²) in [5, 5.41) is 8.96. The molecule has 0 atom stereocenters. The number of aromatic nitrogens is 2. The smallest absolute Gasteiger partial charge is 0.412 e. The standard InChI is InChI=1S/C9H9N3O2S2/c1-2-12(9(13)14)6-4-3-5-7(11-6)16-8(15)10-5/h3-4H,2H2,1H3,(H,10,15)(H,13,14). The number of rotatable bonds is 2. The molecule has 84 valence electrons. The maximum atomic E-state index is 10.9. The fraction of sp³-hybridized carbons (Fsp3) is 0.222. The average molecular weight is 255 g/mol. The normalized spacial score (nSPS) is 10.6. The van der Waals surface area contributed by atoms with Crippen LogP contribution in [-0.4, -0.2) is 27.7 Å². The van der Waals surface area contributed by atoms with E-state index in [4.69, 9.17) is 17.3 Å². The summed E-state index contributed by atoms with van der Waals surface area (Å²) in [6.45, 7) is 2.13. The lowest BCUT2D eigenvalue weighted by Gasteiger charge is -2.15. The molecule has 0 saturated carbocycles. The van der Waals surface area contributed by atoms with Gasteiger partial charge in [-0.05, 0) is 31.3 Å². The second-order valence-electron chi connectivity index (χ2n) is 3.06. The van der Waals surface area contributed by atoms with E-state index >= 15 is 0 Å². The van der Waals surface area contributed by atoms with Crippen LogP contribution in [0.5, 0.6) is 0 Å². The second-order valence-corrected chi connectivity index (χ2v) is 4.73. The topological polar surface area (TPSA) is 69.2 Å². The molecule has 1 amide bonds. The van der Waals surface area contributed by atoms with Crippen LogP contribution >= 0.6 is 23.6 Å². The highest BCUT2D eigenvalue weighted by Gasteiger charge is 2.13. The molecule has 0 aliphatic carbocycles. The molecule has 0 aliphatic heterocycles. The first-order valence-corrected chi connectivity index (χ1v) is 5.84. The quantitative estimate of drug-likeness (QED) is 0.810. The molecule has 2 aromatic rings. The molecule has 7 heteroatoms.